The van der Waals surface area contributed by atoms with Gasteiger partial charge in [0.25, 0.3) is 0 Å². The van der Waals surface area contributed by atoms with Crippen molar-refractivity contribution in [2.75, 3.05) is 32.2 Å². The van der Waals surface area contributed by atoms with Crippen LogP contribution in [0.5, 0.6) is 0 Å². The molecule has 106 valence electrons. The van der Waals surface area contributed by atoms with Crippen LogP contribution in [0, 0.1) is 0 Å². The van der Waals surface area contributed by atoms with Gasteiger partial charge < -0.3 is 15.0 Å². The Morgan fingerprint density at radius 2 is 2.26 bits per heavy atom. The van der Waals surface area contributed by atoms with E-state index in [1.807, 2.05) is 19.2 Å². The van der Waals surface area contributed by atoms with E-state index >= 15 is 0 Å². The Bertz CT molecular complexity index is 410. The van der Waals surface area contributed by atoms with Crippen molar-refractivity contribution in [3.63, 3.8) is 0 Å². The van der Waals surface area contributed by atoms with E-state index in [1.165, 1.54) is 12.8 Å². The molecule has 5 heteroatoms. The predicted octanol–water partition coefficient (Wildman–Crippen LogP) is 2.46. The lowest BCUT2D eigenvalue weighted by Crippen LogP contribution is -2.22. The molecule has 1 aliphatic carbocycles. The summed E-state index contributed by atoms with van der Waals surface area (Å²) < 4.78 is 5.06. The summed E-state index contributed by atoms with van der Waals surface area (Å²) in [6, 6.07) is 4.57. The zero-order chi connectivity index (χ0) is 13.7. The normalized spacial score (nSPS) is 14.7. The summed E-state index contributed by atoms with van der Waals surface area (Å²) in [6.07, 6.45) is 3.54. The van der Waals surface area contributed by atoms with E-state index in [0.717, 1.165) is 42.7 Å². The highest BCUT2D eigenvalue weighted by atomic mass is 35.5. The van der Waals surface area contributed by atoms with Gasteiger partial charge in [-0.15, -0.1) is 0 Å². The van der Waals surface area contributed by atoms with Gasteiger partial charge in [0, 0.05) is 39.9 Å². The van der Waals surface area contributed by atoms with Gasteiger partial charge in [-0.1, -0.05) is 11.6 Å². The second kappa shape index (κ2) is 7.08. The Morgan fingerprint density at radius 3 is 2.95 bits per heavy atom. The van der Waals surface area contributed by atoms with Crippen molar-refractivity contribution in [3.05, 3.63) is 22.8 Å². The van der Waals surface area contributed by atoms with E-state index in [2.05, 4.69) is 15.2 Å². The van der Waals surface area contributed by atoms with Crippen LogP contribution in [0.15, 0.2) is 12.1 Å². The minimum atomic E-state index is 0.668. The van der Waals surface area contributed by atoms with Crippen LogP contribution in [-0.2, 0) is 11.3 Å². The maximum Gasteiger partial charge on any atom is 0.128 e. The van der Waals surface area contributed by atoms with E-state index in [1.54, 1.807) is 7.11 Å². The number of hydrogen-bond acceptors (Lipinski definition) is 4. The predicted molar refractivity (Wildman–Crippen MR) is 78.9 cm³/mol. The average Bonchev–Trinajstić information content (AvgIpc) is 3.22. The first-order valence-corrected chi connectivity index (χ1v) is 7.17. The third-order valence-corrected chi connectivity index (χ3v) is 3.62. The molecule has 0 aliphatic heterocycles. The first-order chi connectivity index (χ1) is 9.20. The molecule has 0 amide bonds. The van der Waals surface area contributed by atoms with Crippen LogP contribution in [0.3, 0.4) is 0 Å². The zero-order valence-corrected chi connectivity index (χ0v) is 12.4. The molecular formula is C14H22ClN3O. The number of aromatic nitrogens is 1. The Balaban J connectivity index is 1.93. The third kappa shape index (κ3) is 4.64. The van der Waals surface area contributed by atoms with Crippen LogP contribution >= 0.6 is 11.6 Å². The maximum absolute atomic E-state index is 6.19. The molecule has 1 aliphatic rings. The SMILES string of the molecule is COCCCN(C)c1ccc(Cl)c(CNC2CC2)n1. The fourth-order valence-electron chi connectivity index (χ4n) is 1.90. The van der Waals surface area contributed by atoms with Crippen LogP contribution in [0.2, 0.25) is 5.02 Å². The lowest BCUT2D eigenvalue weighted by molar-refractivity contribution is 0.196. The Hall–Kier alpha value is -0.840. The van der Waals surface area contributed by atoms with Crippen molar-refractivity contribution in [1.82, 2.24) is 10.3 Å². The van der Waals surface area contributed by atoms with Gasteiger partial charge in [-0.25, -0.2) is 4.98 Å². The first-order valence-electron chi connectivity index (χ1n) is 6.79. The average molecular weight is 284 g/mol. The largest absolute Gasteiger partial charge is 0.385 e. The maximum atomic E-state index is 6.19. The van der Waals surface area contributed by atoms with Crippen molar-refractivity contribution in [1.29, 1.82) is 0 Å². The monoisotopic (exact) mass is 283 g/mol. The molecule has 1 aromatic rings. The molecule has 0 unspecified atom stereocenters. The fourth-order valence-corrected chi connectivity index (χ4v) is 2.07. The van der Waals surface area contributed by atoms with E-state index in [4.69, 9.17) is 16.3 Å². The lowest BCUT2D eigenvalue weighted by Gasteiger charge is -2.19. The first kappa shape index (κ1) is 14.6. The topological polar surface area (TPSA) is 37.4 Å². The van der Waals surface area contributed by atoms with Crippen LogP contribution in [0.25, 0.3) is 0 Å². The van der Waals surface area contributed by atoms with Crippen molar-refractivity contribution in [2.45, 2.75) is 31.8 Å². The van der Waals surface area contributed by atoms with Crippen LogP contribution in [0.4, 0.5) is 5.82 Å². The highest BCUT2D eigenvalue weighted by Crippen LogP contribution is 2.22. The highest BCUT2D eigenvalue weighted by Gasteiger charge is 2.20. The van der Waals surface area contributed by atoms with Crippen molar-refractivity contribution in [2.24, 2.45) is 0 Å². The molecule has 0 radical (unpaired) electrons. The number of nitrogens with zero attached hydrogens (tertiary/aromatic N) is 2. The molecule has 4 nitrogen and oxygen atoms in total. The molecule has 1 saturated carbocycles. The van der Waals surface area contributed by atoms with Gasteiger partial charge >= 0.3 is 0 Å². The number of ether oxygens (including phenoxy) is 1. The Labute approximate surface area is 120 Å². The van der Waals surface area contributed by atoms with E-state index in [9.17, 15) is 0 Å². The van der Waals surface area contributed by atoms with Crippen LogP contribution in [-0.4, -0.2) is 38.3 Å². The van der Waals surface area contributed by atoms with Gasteiger partial charge in [-0.05, 0) is 31.4 Å². The molecule has 0 aromatic carbocycles. The molecule has 1 aromatic heterocycles. The summed E-state index contributed by atoms with van der Waals surface area (Å²) in [6.45, 7) is 2.45. The minimum Gasteiger partial charge on any atom is -0.385 e. The molecule has 0 bridgehead atoms. The molecule has 0 atom stereocenters. The summed E-state index contributed by atoms with van der Waals surface area (Å²) in [5, 5.41) is 4.18. The Morgan fingerprint density at radius 1 is 1.47 bits per heavy atom. The molecular weight excluding hydrogens is 262 g/mol. The fraction of sp³-hybridized carbons (Fsp3) is 0.643. The molecule has 19 heavy (non-hydrogen) atoms. The third-order valence-electron chi connectivity index (χ3n) is 3.27. The van der Waals surface area contributed by atoms with Gasteiger partial charge in [0.15, 0.2) is 0 Å². The molecule has 0 spiro atoms. The number of methoxy groups -OCH3 is 1. The van der Waals surface area contributed by atoms with Gasteiger partial charge in [-0.3, -0.25) is 0 Å². The lowest BCUT2D eigenvalue weighted by atomic mass is 10.3. The van der Waals surface area contributed by atoms with E-state index < -0.39 is 0 Å². The van der Waals surface area contributed by atoms with E-state index in [0.29, 0.717) is 6.04 Å². The van der Waals surface area contributed by atoms with Crippen molar-refractivity contribution in [3.8, 4) is 0 Å². The number of pyridine rings is 1. The summed E-state index contributed by atoms with van der Waals surface area (Å²) in [7, 11) is 3.77. The molecule has 1 N–H and O–H groups in total. The molecule has 1 fully saturated rings. The quantitative estimate of drug-likeness (QED) is 0.744. The van der Waals surface area contributed by atoms with Gasteiger partial charge in [0.1, 0.15) is 5.82 Å². The number of rotatable bonds is 8. The van der Waals surface area contributed by atoms with Crippen LogP contribution in [0.1, 0.15) is 25.0 Å². The summed E-state index contributed by atoms with van der Waals surface area (Å²) in [5.74, 6) is 0.966. The second-order valence-corrected chi connectivity index (χ2v) is 5.43. The van der Waals surface area contributed by atoms with E-state index in [-0.39, 0.29) is 0 Å². The van der Waals surface area contributed by atoms with Crippen molar-refractivity contribution >= 4 is 17.4 Å². The minimum absolute atomic E-state index is 0.668. The highest BCUT2D eigenvalue weighted by molar-refractivity contribution is 6.31. The number of nitrogens with one attached hydrogen (secondary N) is 1. The van der Waals surface area contributed by atoms with Gasteiger partial charge in [-0.2, -0.15) is 0 Å². The van der Waals surface area contributed by atoms with Crippen molar-refractivity contribution < 1.29 is 4.74 Å². The summed E-state index contributed by atoms with van der Waals surface area (Å²) in [4.78, 5) is 6.78. The smallest absolute Gasteiger partial charge is 0.128 e. The molecule has 0 saturated heterocycles. The standard InChI is InChI=1S/C14H22ClN3O/c1-18(8-3-9-19-2)14-7-6-12(15)13(17-14)10-16-11-4-5-11/h6-7,11,16H,3-5,8-10H2,1-2H3. The molecule has 1 heterocycles. The second-order valence-electron chi connectivity index (χ2n) is 5.02. The molecule has 2 rings (SSSR count). The van der Waals surface area contributed by atoms with Gasteiger partial charge in [0.2, 0.25) is 0 Å². The van der Waals surface area contributed by atoms with Crippen LogP contribution < -0.4 is 10.2 Å². The summed E-state index contributed by atoms with van der Waals surface area (Å²) in [5.41, 5.74) is 0.935. The number of anilines is 1. The Kier molecular flexibility index (Phi) is 5.43. The van der Waals surface area contributed by atoms with Gasteiger partial charge in [0.05, 0.1) is 10.7 Å². The number of hydrogen-bond donors (Lipinski definition) is 1. The summed E-state index contributed by atoms with van der Waals surface area (Å²) >= 11 is 6.19. The zero-order valence-electron chi connectivity index (χ0n) is 11.7. The number of halogens is 1.